The molecule has 0 saturated carbocycles. The van der Waals surface area contributed by atoms with Crippen LogP contribution in [0, 0.1) is 6.92 Å². The Morgan fingerprint density at radius 2 is 1.81 bits per heavy atom. The molecule has 1 heterocycles. The Labute approximate surface area is 163 Å². The summed E-state index contributed by atoms with van der Waals surface area (Å²) in [4.78, 5) is 26.0. The number of nitrogens with zero attached hydrogens (tertiary/aromatic N) is 1. The van der Waals surface area contributed by atoms with Gasteiger partial charge in [-0.3, -0.25) is 9.10 Å². The zero-order valence-electron chi connectivity index (χ0n) is 15.8. The van der Waals surface area contributed by atoms with Crippen molar-refractivity contribution in [2.75, 3.05) is 24.2 Å². The summed E-state index contributed by atoms with van der Waals surface area (Å²) in [5.41, 5.74) is 1.93. The molecular formula is C19H23NO5S2. The second kappa shape index (κ2) is 8.67. The Kier molecular flexibility index (Phi) is 6.78. The van der Waals surface area contributed by atoms with E-state index in [4.69, 9.17) is 4.74 Å². The molecule has 2 aromatic rings. The van der Waals surface area contributed by atoms with Crippen LogP contribution in [0.15, 0.2) is 30.3 Å². The number of carbonyl (C=O) groups is 2. The lowest BCUT2D eigenvalue weighted by atomic mass is 10.1. The van der Waals surface area contributed by atoms with Crippen LogP contribution >= 0.6 is 11.3 Å². The van der Waals surface area contributed by atoms with Crippen LogP contribution in [0.25, 0.3) is 0 Å². The van der Waals surface area contributed by atoms with E-state index in [1.807, 2.05) is 13.0 Å². The SMILES string of the molecule is CCCc1cc(C(=O)OCC(=O)c2ccc(N(C)S(C)(=O)=O)cc2)sc1C. The molecule has 0 aliphatic rings. The second-order valence-corrected chi connectivity index (χ2v) is 9.49. The summed E-state index contributed by atoms with van der Waals surface area (Å²) in [6.07, 6.45) is 3.00. The normalized spacial score (nSPS) is 11.3. The number of aryl methyl sites for hydroxylation is 2. The highest BCUT2D eigenvalue weighted by molar-refractivity contribution is 7.92. The van der Waals surface area contributed by atoms with E-state index in [0.29, 0.717) is 16.1 Å². The van der Waals surface area contributed by atoms with Gasteiger partial charge in [-0.05, 0) is 49.2 Å². The number of anilines is 1. The van der Waals surface area contributed by atoms with Crippen molar-refractivity contribution < 1.29 is 22.7 Å². The molecule has 0 unspecified atom stereocenters. The third-order valence-electron chi connectivity index (χ3n) is 4.13. The molecule has 27 heavy (non-hydrogen) atoms. The third-order valence-corrected chi connectivity index (χ3v) is 6.40. The van der Waals surface area contributed by atoms with E-state index >= 15 is 0 Å². The monoisotopic (exact) mass is 409 g/mol. The number of benzene rings is 1. The average molecular weight is 410 g/mol. The van der Waals surface area contributed by atoms with E-state index in [-0.39, 0.29) is 12.4 Å². The van der Waals surface area contributed by atoms with E-state index in [2.05, 4.69) is 6.92 Å². The van der Waals surface area contributed by atoms with Crippen LogP contribution in [-0.4, -0.2) is 40.1 Å². The zero-order chi connectivity index (χ0) is 20.2. The summed E-state index contributed by atoms with van der Waals surface area (Å²) < 4.78 is 29.3. The molecule has 0 aliphatic carbocycles. The summed E-state index contributed by atoms with van der Waals surface area (Å²) in [6.45, 7) is 3.68. The number of Topliss-reactive ketones (excluding diaryl/α,β-unsaturated/α-hetero) is 1. The molecule has 0 aliphatic heterocycles. The number of hydrogen-bond donors (Lipinski definition) is 0. The summed E-state index contributed by atoms with van der Waals surface area (Å²) in [5, 5.41) is 0. The number of carbonyl (C=O) groups excluding carboxylic acids is 2. The molecule has 1 aromatic heterocycles. The largest absolute Gasteiger partial charge is 0.453 e. The van der Waals surface area contributed by atoms with Crippen molar-refractivity contribution in [2.45, 2.75) is 26.7 Å². The van der Waals surface area contributed by atoms with Gasteiger partial charge in [-0.2, -0.15) is 0 Å². The standard InChI is InChI=1S/C19H23NO5S2/c1-5-6-15-11-18(26-13(15)2)19(22)25-12-17(21)14-7-9-16(10-8-14)20(3)27(4,23)24/h7-11H,5-6,12H2,1-4H3. The van der Waals surface area contributed by atoms with Gasteiger partial charge in [0.2, 0.25) is 10.0 Å². The fourth-order valence-corrected chi connectivity index (χ4v) is 3.94. The summed E-state index contributed by atoms with van der Waals surface area (Å²) >= 11 is 1.37. The molecule has 6 nitrogen and oxygen atoms in total. The van der Waals surface area contributed by atoms with Gasteiger partial charge in [0.1, 0.15) is 4.88 Å². The lowest BCUT2D eigenvalue weighted by Crippen LogP contribution is -2.24. The minimum atomic E-state index is -3.37. The van der Waals surface area contributed by atoms with E-state index in [9.17, 15) is 18.0 Å². The van der Waals surface area contributed by atoms with Crippen LogP contribution in [0.5, 0.6) is 0 Å². The van der Waals surface area contributed by atoms with E-state index < -0.39 is 16.0 Å². The number of ether oxygens (including phenoxy) is 1. The molecule has 0 bridgehead atoms. The Balaban J connectivity index is 1.99. The van der Waals surface area contributed by atoms with Crippen LogP contribution < -0.4 is 4.31 Å². The van der Waals surface area contributed by atoms with Gasteiger partial charge < -0.3 is 4.74 Å². The van der Waals surface area contributed by atoms with Crippen molar-refractivity contribution >= 4 is 38.8 Å². The third kappa shape index (κ3) is 5.40. The number of hydrogen-bond acceptors (Lipinski definition) is 6. The molecule has 1 aromatic carbocycles. The van der Waals surface area contributed by atoms with Gasteiger partial charge >= 0.3 is 5.97 Å². The first-order valence-electron chi connectivity index (χ1n) is 8.47. The van der Waals surface area contributed by atoms with Crippen molar-refractivity contribution in [3.8, 4) is 0 Å². The fourth-order valence-electron chi connectivity index (χ4n) is 2.47. The molecule has 0 fully saturated rings. The Bertz CT molecular complexity index is 930. The highest BCUT2D eigenvalue weighted by Gasteiger charge is 2.17. The second-order valence-electron chi connectivity index (χ2n) is 6.22. The summed E-state index contributed by atoms with van der Waals surface area (Å²) in [7, 11) is -1.93. The first-order valence-corrected chi connectivity index (χ1v) is 11.1. The van der Waals surface area contributed by atoms with Gasteiger partial charge in [0.05, 0.1) is 11.9 Å². The number of ketones is 1. The van der Waals surface area contributed by atoms with E-state index in [0.717, 1.165) is 33.8 Å². The van der Waals surface area contributed by atoms with Crippen molar-refractivity contribution in [2.24, 2.45) is 0 Å². The fraction of sp³-hybridized carbons (Fsp3) is 0.368. The predicted molar refractivity (Wildman–Crippen MR) is 107 cm³/mol. The molecule has 0 radical (unpaired) electrons. The summed E-state index contributed by atoms with van der Waals surface area (Å²) in [5.74, 6) is -0.855. The minimum Gasteiger partial charge on any atom is -0.453 e. The van der Waals surface area contributed by atoms with Gasteiger partial charge in [0, 0.05) is 17.5 Å². The maximum absolute atomic E-state index is 12.2. The van der Waals surface area contributed by atoms with Gasteiger partial charge in [-0.1, -0.05) is 13.3 Å². The molecule has 2 rings (SSSR count). The minimum absolute atomic E-state index is 0.348. The van der Waals surface area contributed by atoms with Crippen LogP contribution in [0.4, 0.5) is 5.69 Å². The maximum Gasteiger partial charge on any atom is 0.348 e. The van der Waals surface area contributed by atoms with Gasteiger partial charge in [-0.15, -0.1) is 11.3 Å². The molecular weight excluding hydrogens is 386 g/mol. The van der Waals surface area contributed by atoms with Crippen LogP contribution in [-0.2, 0) is 21.2 Å². The van der Waals surface area contributed by atoms with E-state index in [1.165, 1.54) is 42.6 Å². The lowest BCUT2D eigenvalue weighted by molar-refractivity contribution is 0.0479. The number of sulfonamides is 1. The maximum atomic E-state index is 12.2. The number of esters is 1. The lowest BCUT2D eigenvalue weighted by Gasteiger charge is -2.16. The zero-order valence-corrected chi connectivity index (χ0v) is 17.4. The molecule has 0 N–H and O–H groups in total. The Morgan fingerprint density at radius 1 is 1.19 bits per heavy atom. The smallest absolute Gasteiger partial charge is 0.348 e. The number of thiophene rings is 1. The van der Waals surface area contributed by atoms with Crippen molar-refractivity contribution in [3.05, 3.63) is 51.2 Å². The van der Waals surface area contributed by atoms with Crippen molar-refractivity contribution in [1.29, 1.82) is 0 Å². The highest BCUT2D eigenvalue weighted by Crippen LogP contribution is 2.23. The molecule has 0 amide bonds. The Morgan fingerprint density at radius 3 is 2.37 bits per heavy atom. The predicted octanol–water partition coefficient (Wildman–Crippen LogP) is 3.44. The molecule has 8 heteroatoms. The van der Waals surface area contributed by atoms with Gasteiger partial charge in [0.25, 0.3) is 0 Å². The summed E-state index contributed by atoms with van der Waals surface area (Å²) in [6, 6.07) is 7.93. The van der Waals surface area contributed by atoms with Crippen molar-refractivity contribution in [1.82, 2.24) is 0 Å². The molecule has 0 saturated heterocycles. The van der Waals surface area contributed by atoms with Gasteiger partial charge in [0.15, 0.2) is 12.4 Å². The molecule has 0 atom stereocenters. The average Bonchev–Trinajstić information content (AvgIpc) is 2.99. The van der Waals surface area contributed by atoms with Crippen LogP contribution in [0.1, 0.15) is 43.8 Å². The first kappa shape index (κ1) is 21.1. The quantitative estimate of drug-likeness (QED) is 0.493. The van der Waals surface area contributed by atoms with Gasteiger partial charge in [-0.25, -0.2) is 13.2 Å². The number of rotatable bonds is 8. The first-order chi connectivity index (χ1) is 12.6. The van der Waals surface area contributed by atoms with Crippen molar-refractivity contribution in [3.63, 3.8) is 0 Å². The van der Waals surface area contributed by atoms with E-state index in [1.54, 1.807) is 0 Å². The Hall–Kier alpha value is -2.19. The highest BCUT2D eigenvalue weighted by atomic mass is 32.2. The topological polar surface area (TPSA) is 80.8 Å². The van der Waals surface area contributed by atoms with Crippen LogP contribution in [0.2, 0.25) is 0 Å². The molecule has 146 valence electrons. The van der Waals surface area contributed by atoms with Crippen LogP contribution in [0.3, 0.4) is 0 Å². The molecule has 0 spiro atoms.